The van der Waals surface area contributed by atoms with E-state index in [1.807, 2.05) is 0 Å². The Morgan fingerprint density at radius 1 is 1.14 bits per heavy atom. The lowest BCUT2D eigenvalue weighted by atomic mass is 10.2. The van der Waals surface area contributed by atoms with Crippen molar-refractivity contribution in [2.24, 2.45) is 0 Å². The summed E-state index contributed by atoms with van der Waals surface area (Å²) in [7, 11) is 0. The number of halogens is 4. The van der Waals surface area contributed by atoms with Crippen molar-refractivity contribution in [3.63, 3.8) is 0 Å². The molecule has 0 aliphatic heterocycles. The molecule has 0 bridgehead atoms. The molecule has 0 spiro atoms. The second-order valence-electron chi connectivity index (χ2n) is 5.71. The van der Waals surface area contributed by atoms with Gasteiger partial charge in [-0.2, -0.15) is 13.2 Å². The molecule has 3 rings (SSSR count). The Bertz CT molecular complexity index is 973. The predicted molar refractivity (Wildman–Crippen MR) is 95.1 cm³/mol. The van der Waals surface area contributed by atoms with Gasteiger partial charge in [0.2, 0.25) is 11.8 Å². The Balaban J connectivity index is 1.64. The molecule has 0 aliphatic rings. The Labute approximate surface area is 161 Å². The maximum absolute atomic E-state index is 13.0. The quantitative estimate of drug-likeness (QED) is 0.472. The highest BCUT2D eigenvalue weighted by Crippen LogP contribution is 2.31. The zero-order valence-corrected chi connectivity index (χ0v) is 15.1. The van der Waals surface area contributed by atoms with Gasteiger partial charge in [-0.25, -0.2) is 4.39 Å². The van der Waals surface area contributed by atoms with Crippen LogP contribution in [0.3, 0.4) is 0 Å². The van der Waals surface area contributed by atoms with Crippen molar-refractivity contribution in [3.05, 3.63) is 59.9 Å². The molecule has 1 amide bonds. The van der Waals surface area contributed by atoms with Crippen LogP contribution in [0.1, 0.15) is 12.5 Å². The van der Waals surface area contributed by atoms with Gasteiger partial charge in [-0.05, 0) is 49.4 Å². The van der Waals surface area contributed by atoms with E-state index in [0.29, 0.717) is 5.56 Å². The Kier molecular flexibility index (Phi) is 5.68. The van der Waals surface area contributed by atoms with E-state index in [9.17, 15) is 22.4 Å². The van der Waals surface area contributed by atoms with Gasteiger partial charge in [-0.3, -0.25) is 4.79 Å². The molecule has 10 heteroatoms. The fraction of sp³-hybridized carbons (Fsp3) is 0.167. The third-order valence-corrected chi connectivity index (χ3v) is 4.54. The second-order valence-corrected chi connectivity index (χ2v) is 7.00. The lowest BCUT2D eigenvalue weighted by Gasteiger charge is -2.12. The third-order valence-electron chi connectivity index (χ3n) is 3.60. The highest BCUT2D eigenvalue weighted by molar-refractivity contribution is 8.00. The van der Waals surface area contributed by atoms with Crippen molar-refractivity contribution >= 4 is 23.4 Å². The molecule has 0 unspecified atom stereocenters. The van der Waals surface area contributed by atoms with Crippen LogP contribution in [0.15, 0.2) is 58.2 Å². The number of alkyl halides is 3. The summed E-state index contributed by atoms with van der Waals surface area (Å²) in [5.41, 5.74) is -0.307. The number of nitrogens with one attached hydrogen (secondary N) is 1. The molecule has 146 valence electrons. The summed E-state index contributed by atoms with van der Waals surface area (Å²) in [5.74, 6) is -0.767. The van der Waals surface area contributed by atoms with Gasteiger partial charge in [0.05, 0.1) is 10.8 Å². The lowest BCUT2D eigenvalue weighted by Crippen LogP contribution is -2.22. The van der Waals surface area contributed by atoms with Crippen molar-refractivity contribution in [1.29, 1.82) is 0 Å². The maximum atomic E-state index is 13.0. The van der Waals surface area contributed by atoms with Gasteiger partial charge in [0.1, 0.15) is 5.82 Å². The van der Waals surface area contributed by atoms with Crippen LogP contribution < -0.4 is 5.32 Å². The number of amides is 1. The van der Waals surface area contributed by atoms with E-state index in [1.165, 1.54) is 36.4 Å². The normalized spacial score (nSPS) is 12.6. The third kappa shape index (κ3) is 4.89. The fourth-order valence-electron chi connectivity index (χ4n) is 2.19. The van der Waals surface area contributed by atoms with Crippen LogP contribution in [0.25, 0.3) is 11.5 Å². The standard InChI is InChI=1S/C18H13F4N3O2S/c1-10(15(26)23-14-4-2-3-12(9-14)18(20,21)22)28-17-25-24-16(27-17)11-5-7-13(19)8-6-11/h2-10H,1H3,(H,23,26)/t10-/m0/s1. The van der Waals surface area contributed by atoms with E-state index in [1.54, 1.807) is 6.92 Å². The molecule has 0 saturated heterocycles. The first-order valence-electron chi connectivity index (χ1n) is 7.96. The first kappa shape index (κ1) is 19.9. The molecule has 3 aromatic rings. The van der Waals surface area contributed by atoms with Crippen molar-refractivity contribution < 1.29 is 26.8 Å². The van der Waals surface area contributed by atoms with Crippen LogP contribution in [-0.2, 0) is 11.0 Å². The lowest BCUT2D eigenvalue weighted by molar-refractivity contribution is -0.137. The molecule has 1 aromatic heterocycles. The van der Waals surface area contributed by atoms with Gasteiger partial charge >= 0.3 is 6.18 Å². The van der Waals surface area contributed by atoms with E-state index in [0.717, 1.165) is 23.9 Å². The second kappa shape index (κ2) is 8.01. The SMILES string of the molecule is C[C@H](Sc1nnc(-c2ccc(F)cc2)o1)C(=O)Nc1cccc(C(F)(F)F)c1. The highest BCUT2D eigenvalue weighted by atomic mass is 32.2. The summed E-state index contributed by atoms with van der Waals surface area (Å²) in [5, 5.41) is 9.47. The minimum Gasteiger partial charge on any atom is -0.411 e. The minimum absolute atomic E-state index is 0.0322. The molecule has 1 N–H and O–H groups in total. The zero-order valence-electron chi connectivity index (χ0n) is 14.3. The van der Waals surface area contributed by atoms with Crippen LogP contribution >= 0.6 is 11.8 Å². The molecule has 0 fully saturated rings. The number of hydrogen-bond donors (Lipinski definition) is 1. The number of carbonyl (C=O) groups is 1. The zero-order chi connectivity index (χ0) is 20.3. The number of thioether (sulfide) groups is 1. The smallest absolute Gasteiger partial charge is 0.411 e. The molecule has 5 nitrogen and oxygen atoms in total. The van der Waals surface area contributed by atoms with Crippen LogP contribution in [0, 0.1) is 5.82 Å². The summed E-state index contributed by atoms with van der Waals surface area (Å²) in [6.45, 7) is 1.55. The van der Waals surface area contributed by atoms with Gasteiger partial charge in [0, 0.05) is 11.3 Å². The molecule has 0 radical (unpaired) electrons. The Morgan fingerprint density at radius 3 is 2.54 bits per heavy atom. The predicted octanol–water partition coefficient (Wildman–Crippen LogP) is 5.01. The number of rotatable bonds is 5. The Morgan fingerprint density at radius 2 is 1.86 bits per heavy atom. The van der Waals surface area contributed by atoms with Crippen LogP contribution in [0.4, 0.5) is 23.2 Å². The first-order valence-corrected chi connectivity index (χ1v) is 8.84. The highest BCUT2D eigenvalue weighted by Gasteiger charge is 2.30. The van der Waals surface area contributed by atoms with Crippen LogP contribution in [0.2, 0.25) is 0 Å². The first-order chi connectivity index (χ1) is 13.2. The van der Waals surface area contributed by atoms with Gasteiger partial charge in [0.15, 0.2) is 0 Å². The number of benzene rings is 2. The average molecular weight is 411 g/mol. The molecule has 1 atom stereocenters. The average Bonchev–Trinajstić information content (AvgIpc) is 3.10. The van der Waals surface area contributed by atoms with Crippen molar-refractivity contribution in [2.45, 2.75) is 23.6 Å². The topological polar surface area (TPSA) is 68.0 Å². The van der Waals surface area contributed by atoms with E-state index in [2.05, 4.69) is 15.5 Å². The molecular weight excluding hydrogens is 398 g/mol. The van der Waals surface area contributed by atoms with E-state index in [-0.39, 0.29) is 16.8 Å². The van der Waals surface area contributed by atoms with Crippen LogP contribution in [0.5, 0.6) is 0 Å². The number of carbonyl (C=O) groups excluding carboxylic acids is 1. The largest absolute Gasteiger partial charge is 0.416 e. The summed E-state index contributed by atoms with van der Waals surface area (Å²) in [4.78, 5) is 12.2. The number of hydrogen-bond acceptors (Lipinski definition) is 5. The van der Waals surface area contributed by atoms with Gasteiger partial charge in [-0.1, -0.05) is 17.8 Å². The Hall–Kier alpha value is -2.88. The molecule has 1 heterocycles. The van der Waals surface area contributed by atoms with E-state index >= 15 is 0 Å². The molecule has 28 heavy (non-hydrogen) atoms. The maximum Gasteiger partial charge on any atom is 0.416 e. The molecule has 0 saturated carbocycles. The minimum atomic E-state index is -4.50. The molecule has 2 aromatic carbocycles. The summed E-state index contributed by atoms with van der Waals surface area (Å²) >= 11 is 0.951. The van der Waals surface area contributed by atoms with Gasteiger partial charge < -0.3 is 9.73 Å². The summed E-state index contributed by atoms with van der Waals surface area (Å²) in [6, 6.07) is 9.79. The number of anilines is 1. The van der Waals surface area contributed by atoms with Crippen LogP contribution in [-0.4, -0.2) is 21.4 Å². The fourth-order valence-corrected chi connectivity index (χ4v) is 2.87. The van der Waals surface area contributed by atoms with E-state index in [4.69, 9.17) is 4.42 Å². The van der Waals surface area contributed by atoms with Crippen molar-refractivity contribution in [2.75, 3.05) is 5.32 Å². The van der Waals surface area contributed by atoms with Crippen molar-refractivity contribution in [1.82, 2.24) is 10.2 Å². The monoisotopic (exact) mass is 411 g/mol. The number of aromatic nitrogens is 2. The van der Waals surface area contributed by atoms with Crippen molar-refractivity contribution in [3.8, 4) is 11.5 Å². The van der Waals surface area contributed by atoms with Gasteiger partial charge in [-0.15, -0.1) is 10.2 Å². The number of nitrogens with zero attached hydrogens (tertiary/aromatic N) is 2. The molecule has 0 aliphatic carbocycles. The van der Waals surface area contributed by atoms with Gasteiger partial charge in [0.25, 0.3) is 5.22 Å². The summed E-state index contributed by atoms with van der Waals surface area (Å²) in [6.07, 6.45) is -4.50. The van der Waals surface area contributed by atoms with E-state index < -0.39 is 28.7 Å². The molecular formula is C18H13F4N3O2S. The summed E-state index contributed by atoms with van der Waals surface area (Å²) < 4.78 is 56.6.